The molecule has 1 N–H and O–H groups in total. The third-order valence-electron chi connectivity index (χ3n) is 3.21. The maximum absolute atomic E-state index is 11.9. The molecular weight excluding hydrogens is 240 g/mol. The molecule has 6 heteroatoms. The summed E-state index contributed by atoms with van der Waals surface area (Å²) in [4.78, 5) is 14.5. The number of fused-ring (bicyclic) bond motifs is 1. The number of H-pyrrole nitrogens is 1. The zero-order chi connectivity index (χ0) is 12.0. The Morgan fingerprint density at radius 1 is 1.29 bits per heavy atom. The number of hydrogen-bond acceptors (Lipinski definition) is 3. The standard InChI is InChI=1S/C11H12N2O3S/c14-11-12-8-4-1-2-5-9(8)13(11)10-6-3-7-17(10,15)16/h1-2,4-5,10H,3,6-7H2,(H,12,14). The van der Waals surface area contributed by atoms with Gasteiger partial charge in [0.15, 0.2) is 9.84 Å². The SMILES string of the molecule is O=c1[nH]c2ccccc2n1C1CCCS1(=O)=O. The van der Waals surface area contributed by atoms with Gasteiger partial charge in [0.05, 0.1) is 16.8 Å². The van der Waals surface area contributed by atoms with E-state index in [0.717, 1.165) is 0 Å². The van der Waals surface area contributed by atoms with Crippen molar-refractivity contribution in [3.8, 4) is 0 Å². The van der Waals surface area contributed by atoms with Crippen molar-refractivity contribution in [1.29, 1.82) is 0 Å². The van der Waals surface area contributed by atoms with Crippen molar-refractivity contribution in [3.63, 3.8) is 0 Å². The molecule has 1 aromatic carbocycles. The number of aromatic nitrogens is 2. The molecule has 2 heterocycles. The lowest BCUT2D eigenvalue weighted by atomic mass is 10.3. The van der Waals surface area contributed by atoms with E-state index in [4.69, 9.17) is 0 Å². The molecule has 1 aliphatic heterocycles. The summed E-state index contributed by atoms with van der Waals surface area (Å²) >= 11 is 0. The molecule has 1 aliphatic rings. The summed E-state index contributed by atoms with van der Waals surface area (Å²) in [6, 6.07) is 7.15. The highest BCUT2D eigenvalue weighted by molar-refractivity contribution is 7.91. The zero-order valence-corrected chi connectivity index (χ0v) is 9.90. The number of rotatable bonds is 1. The molecule has 17 heavy (non-hydrogen) atoms. The van der Waals surface area contributed by atoms with Gasteiger partial charge >= 0.3 is 5.69 Å². The van der Waals surface area contributed by atoms with Crippen molar-refractivity contribution in [3.05, 3.63) is 34.7 Å². The number of imidazole rings is 1. The van der Waals surface area contributed by atoms with Gasteiger partial charge in [0.1, 0.15) is 5.37 Å². The molecular formula is C11H12N2O3S. The molecule has 2 aromatic rings. The Bertz CT molecular complexity index is 726. The maximum atomic E-state index is 11.9. The number of para-hydroxylation sites is 2. The minimum atomic E-state index is -3.18. The highest BCUT2D eigenvalue weighted by Gasteiger charge is 2.34. The van der Waals surface area contributed by atoms with Crippen LogP contribution in [0.25, 0.3) is 11.0 Å². The third kappa shape index (κ3) is 1.51. The second-order valence-electron chi connectivity index (χ2n) is 4.28. The molecule has 1 aromatic heterocycles. The van der Waals surface area contributed by atoms with E-state index in [1.807, 2.05) is 6.07 Å². The summed E-state index contributed by atoms with van der Waals surface area (Å²) in [6.07, 6.45) is 1.14. The largest absolute Gasteiger partial charge is 0.327 e. The van der Waals surface area contributed by atoms with Gasteiger partial charge in [0.2, 0.25) is 0 Å². The minimum Gasteiger partial charge on any atom is -0.306 e. The Balaban J connectivity index is 2.31. The maximum Gasteiger partial charge on any atom is 0.327 e. The topological polar surface area (TPSA) is 71.9 Å². The van der Waals surface area contributed by atoms with Crippen molar-refractivity contribution < 1.29 is 8.42 Å². The highest BCUT2D eigenvalue weighted by atomic mass is 32.2. The summed E-state index contributed by atoms with van der Waals surface area (Å²) in [6.45, 7) is 0. The first kappa shape index (κ1) is 10.6. The number of aromatic amines is 1. The summed E-state index contributed by atoms with van der Waals surface area (Å²) in [5, 5.41) is -0.703. The summed E-state index contributed by atoms with van der Waals surface area (Å²) in [5.74, 6) is 0.170. The first-order chi connectivity index (χ1) is 8.09. The van der Waals surface area contributed by atoms with Gasteiger partial charge in [-0.2, -0.15) is 0 Å². The van der Waals surface area contributed by atoms with E-state index in [9.17, 15) is 13.2 Å². The van der Waals surface area contributed by atoms with Gasteiger partial charge in [0, 0.05) is 0 Å². The number of benzene rings is 1. The smallest absolute Gasteiger partial charge is 0.306 e. The van der Waals surface area contributed by atoms with E-state index < -0.39 is 15.2 Å². The Morgan fingerprint density at radius 3 is 2.76 bits per heavy atom. The van der Waals surface area contributed by atoms with Gasteiger partial charge in [-0.25, -0.2) is 13.2 Å². The number of sulfone groups is 1. The summed E-state index contributed by atoms with van der Waals surface area (Å²) in [5.41, 5.74) is 0.995. The molecule has 0 aliphatic carbocycles. The van der Waals surface area contributed by atoms with Gasteiger partial charge in [-0.15, -0.1) is 0 Å². The van der Waals surface area contributed by atoms with Crippen molar-refractivity contribution in [2.75, 3.05) is 5.75 Å². The lowest BCUT2D eigenvalue weighted by Gasteiger charge is -2.10. The Hall–Kier alpha value is -1.56. The molecule has 1 atom stereocenters. The van der Waals surface area contributed by atoms with Crippen LogP contribution in [0.15, 0.2) is 29.1 Å². The monoisotopic (exact) mass is 252 g/mol. The van der Waals surface area contributed by atoms with Crippen LogP contribution in [0.2, 0.25) is 0 Å². The zero-order valence-electron chi connectivity index (χ0n) is 9.09. The van der Waals surface area contributed by atoms with Crippen LogP contribution in [0.3, 0.4) is 0 Å². The van der Waals surface area contributed by atoms with Crippen LogP contribution >= 0.6 is 0 Å². The predicted molar refractivity (Wildman–Crippen MR) is 64.6 cm³/mol. The van der Waals surface area contributed by atoms with E-state index in [2.05, 4.69) is 4.98 Å². The predicted octanol–water partition coefficient (Wildman–Crippen LogP) is 1.04. The Labute approximate surface area is 98.0 Å². The van der Waals surface area contributed by atoms with E-state index in [1.54, 1.807) is 18.2 Å². The van der Waals surface area contributed by atoms with Crippen LogP contribution in [0, 0.1) is 0 Å². The fourth-order valence-corrected chi connectivity index (χ4v) is 4.32. The molecule has 0 amide bonds. The van der Waals surface area contributed by atoms with Crippen molar-refractivity contribution in [2.45, 2.75) is 18.2 Å². The lowest BCUT2D eigenvalue weighted by molar-refractivity contribution is 0.556. The average Bonchev–Trinajstić information content (AvgIpc) is 2.77. The van der Waals surface area contributed by atoms with Gasteiger partial charge in [-0.3, -0.25) is 4.57 Å². The minimum absolute atomic E-state index is 0.170. The molecule has 1 unspecified atom stereocenters. The molecule has 0 saturated carbocycles. The van der Waals surface area contributed by atoms with Gasteiger partial charge in [-0.05, 0) is 25.0 Å². The molecule has 1 saturated heterocycles. The first-order valence-electron chi connectivity index (χ1n) is 5.50. The summed E-state index contributed by atoms with van der Waals surface area (Å²) < 4.78 is 25.1. The van der Waals surface area contributed by atoms with Gasteiger partial charge in [0.25, 0.3) is 0 Å². The third-order valence-corrected chi connectivity index (χ3v) is 5.34. The molecule has 0 radical (unpaired) electrons. The van der Waals surface area contributed by atoms with Crippen LogP contribution in [0.1, 0.15) is 18.2 Å². The average molecular weight is 252 g/mol. The van der Waals surface area contributed by atoms with E-state index in [-0.39, 0.29) is 11.4 Å². The Morgan fingerprint density at radius 2 is 2.06 bits per heavy atom. The fraction of sp³-hybridized carbons (Fsp3) is 0.364. The van der Waals surface area contributed by atoms with Crippen LogP contribution in [-0.4, -0.2) is 23.7 Å². The molecule has 1 fully saturated rings. The highest BCUT2D eigenvalue weighted by Crippen LogP contribution is 2.30. The lowest BCUT2D eigenvalue weighted by Crippen LogP contribution is -2.25. The van der Waals surface area contributed by atoms with Gasteiger partial charge in [-0.1, -0.05) is 12.1 Å². The number of hydrogen-bond donors (Lipinski definition) is 1. The van der Waals surface area contributed by atoms with Crippen molar-refractivity contribution in [2.24, 2.45) is 0 Å². The molecule has 0 bridgehead atoms. The van der Waals surface area contributed by atoms with Crippen LogP contribution in [-0.2, 0) is 9.84 Å². The molecule has 0 spiro atoms. The van der Waals surface area contributed by atoms with Crippen LogP contribution < -0.4 is 5.69 Å². The fourth-order valence-electron chi connectivity index (χ4n) is 2.42. The van der Waals surface area contributed by atoms with E-state index >= 15 is 0 Å². The van der Waals surface area contributed by atoms with Crippen LogP contribution in [0.5, 0.6) is 0 Å². The molecule has 5 nitrogen and oxygen atoms in total. The Kier molecular flexibility index (Phi) is 2.16. The van der Waals surface area contributed by atoms with E-state index in [1.165, 1.54) is 4.57 Å². The summed E-state index contributed by atoms with van der Waals surface area (Å²) in [7, 11) is -3.18. The molecule has 90 valence electrons. The second-order valence-corrected chi connectivity index (χ2v) is 6.56. The van der Waals surface area contributed by atoms with Crippen molar-refractivity contribution >= 4 is 20.9 Å². The normalized spacial score (nSPS) is 23.2. The van der Waals surface area contributed by atoms with Crippen molar-refractivity contribution in [1.82, 2.24) is 9.55 Å². The number of nitrogens with one attached hydrogen (secondary N) is 1. The van der Waals surface area contributed by atoms with Crippen LogP contribution in [0.4, 0.5) is 0 Å². The number of nitrogens with zero attached hydrogens (tertiary/aromatic N) is 1. The quantitative estimate of drug-likeness (QED) is 0.824. The second kappa shape index (κ2) is 3.46. The first-order valence-corrected chi connectivity index (χ1v) is 7.22. The van der Waals surface area contributed by atoms with Gasteiger partial charge < -0.3 is 4.98 Å². The van der Waals surface area contributed by atoms with E-state index in [0.29, 0.717) is 23.9 Å². The molecule has 3 rings (SSSR count).